The van der Waals surface area contributed by atoms with E-state index in [-0.39, 0.29) is 24.3 Å². The van der Waals surface area contributed by atoms with Gasteiger partial charge >= 0.3 is 5.97 Å². The highest BCUT2D eigenvalue weighted by atomic mass is 16.5. The second kappa shape index (κ2) is 22.5. The molecule has 7 atom stereocenters. The van der Waals surface area contributed by atoms with E-state index >= 15 is 0 Å². The molecule has 2 aliphatic heterocycles. The molecule has 0 saturated carbocycles. The third-order valence-corrected chi connectivity index (χ3v) is 9.14. The van der Waals surface area contributed by atoms with Crippen LogP contribution in [0.1, 0.15) is 162 Å². The quantitative estimate of drug-likeness (QED) is 0.0624. The summed E-state index contributed by atoms with van der Waals surface area (Å²) in [6, 6.07) is 0. The van der Waals surface area contributed by atoms with Crippen LogP contribution < -0.4 is 0 Å². The van der Waals surface area contributed by atoms with Crippen LogP contribution in [0.2, 0.25) is 0 Å². The maximum atomic E-state index is 11.7. The molecule has 246 valence electrons. The van der Waals surface area contributed by atoms with Crippen molar-refractivity contribution >= 4 is 5.97 Å². The summed E-state index contributed by atoms with van der Waals surface area (Å²) in [5.74, 6) is -0.308. The van der Waals surface area contributed by atoms with Gasteiger partial charge in [0.15, 0.2) is 0 Å². The van der Waals surface area contributed by atoms with Crippen LogP contribution in [0.15, 0.2) is 11.6 Å². The molecule has 1 saturated heterocycles. The number of carbonyl (C=O) groups excluding carboxylic acids is 1. The third-order valence-electron chi connectivity index (χ3n) is 9.14. The van der Waals surface area contributed by atoms with Gasteiger partial charge in [0.05, 0.1) is 36.6 Å². The highest BCUT2D eigenvalue weighted by molar-refractivity contribution is 5.90. The molecule has 42 heavy (non-hydrogen) atoms. The van der Waals surface area contributed by atoms with Crippen molar-refractivity contribution in [3.05, 3.63) is 11.6 Å². The van der Waals surface area contributed by atoms with E-state index < -0.39 is 24.4 Å². The molecule has 0 aromatic carbocycles. The molecule has 7 nitrogen and oxygen atoms in total. The summed E-state index contributed by atoms with van der Waals surface area (Å²) >= 11 is 0. The van der Waals surface area contributed by atoms with E-state index in [0.29, 0.717) is 37.7 Å². The summed E-state index contributed by atoms with van der Waals surface area (Å²) in [7, 11) is 0. The van der Waals surface area contributed by atoms with Crippen molar-refractivity contribution in [3.8, 4) is 0 Å². The van der Waals surface area contributed by atoms with Crippen molar-refractivity contribution in [2.24, 2.45) is 0 Å². The predicted octanol–water partition coefficient (Wildman–Crippen LogP) is 7.06. The molecular formula is C35H64O7. The van der Waals surface area contributed by atoms with Crippen molar-refractivity contribution in [1.29, 1.82) is 0 Å². The number of unbranched alkanes of at least 4 members (excludes halogenated alkanes) is 13. The van der Waals surface area contributed by atoms with Crippen LogP contribution in [0.5, 0.6) is 0 Å². The largest absolute Gasteiger partial charge is 0.455 e. The number of ether oxygens (including phenoxy) is 2. The van der Waals surface area contributed by atoms with Gasteiger partial charge in [-0.15, -0.1) is 0 Å². The Morgan fingerprint density at radius 3 is 1.93 bits per heavy atom. The van der Waals surface area contributed by atoms with Gasteiger partial charge in [-0.1, -0.05) is 103 Å². The zero-order valence-electron chi connectivity index (χ0n) is 26.9. The lowest BCUT2D eigenvalue weighted by molar-refractivity contribution is -0.139. The minimum absolute atomic E-state index is 0.149. The van der Waals surface area contributed by atoms with Crippen molar-refractivity contribution in [2.75, 3.05) is 0 Å². The standard InChI is InChI=1S/C35H64O7/c1-3-4-5-6-7-8-9-10-11-12-13-17-20-31(37)32(38)22-23-33(39)34-24-21-30(42-34)19-16-14-15-18-29(36)26-28-25-27(2)41-35(28)40/h25,27,29-34,36-39H,3-24,26H2,1-2H3/t27-,29+,30+,31+,32+,33-,34-/m0/s1. The highest BCUT2D eigenvalue weighted by Crippen LogP contribution is 2.28. The van der Waals surface area contributed by atoms with Crippen molar-refractivity contribution in [1.82, 2.24) is 0 Å². The van der Waals surface area contributed by atoms with E-state index in [9.17, 15) is 25.2 Å². The van der Waals surface area contributed by atoms with Gasteiger partial charge in [-0.05, 0) is 57.9 Å². The van der Waals surface area contributed by atoms with E-state index in [1.807, 2.05) is 6.92 Å². The molecule has 0 aliphatic carbocycles. The molecule has 7 heteroatoms. The Labute approximate surface area is 256 Å². The SMILES string of the molecule is CCCCCCCCCCCCCC[C@@H](O)[C@H](O)CC[C@H](O)[C@@H]1CC[C@@H](CCCCC[C@@H](O)CC2=C[C@H](C)OC2=O)O1. The van der Waals surface area contributed by atoms with Crippen molar-refractivity contribution in [2.45, 2.75) is 204 Å². The number of esters is 1. The third kappa shape index (κ3) is 16.2. The topological polar surface area (TPSA) is 116 Å². The van der Waals surface area contributed by atoms with Gasteiger partial charge < -0.3 is 29.9 Å². The minimum atomic E-state index is -0.793. The molecule has 0 aromatic heterocycles. The number of cyclic esters (lactones) is 1. The number of rotatable bonds is 26. The number of hydrogen-bond acceptors (Lipinski definition) is 7. The normalized spacial score (nSPS) is 23.5. The van der Waals surface area contributed by atoms with E-state index in [4.69, 9.17) is 9.47 Å². The molecule has 1 fully saturated rings. The average Bonchev–Trinajstić information content (AvgIpc) is 3.57. The fourth-order valence-electron chi connectivity index (χ4n) is 6.40. The first-order chi connectivity index (χ1) is 20.3. The lowest BCUT2D eigenvalue weighted by Gasteiger charge is -2.22. The van der Waals surface area contributed by atoms with Crippen LogP contribution in [0.3, 0.4) is 0 Å². The van der Waals surface area contributed by atoms with Gasteiger partial charge in [0.1, 0.15) is 6.10 Å². The minimum Gasteiger partial charge on any atom is -0.455 e. The molecule has 0 radical (unpaired) electrons. The molecule has 4 N–H and O–H groups in total. The first-order valence-corrected chi connectivity index (χ1v) is 17.6. The second-order valence-corrected chi connectivity index (χ2v) is 13.1. The molecule has 0 spiro atoms. The number of hydrogen-bond donors (Lipinski definition) is 4. The lowest BCUT2D eigenvalue weighted by atomic mass is 9.97. The number of aliphatic hydroxyl groups excluding tert-OH is 4. The van der Waals surface area contributed by atoms with Crippen LogP contribution >= 0.6 is 0 Å². The Bertz CT molecular complexity index is 726. The lowest BCUT2D eigenvalue weighted by Crippen LogP contribution is -2.31. The van der Waals surface area contributed by atoms with Gasteiger partial charge in [-0.2, -0.15) is 0 Å². The zero-order valence-corrected chi connectivity index (χ0v) is 26.9. The Morgan fingerprint density at radius 1 is 0.738 bits per heavy atom. The molecule has 0 bridgehead atoms. The predicted molar refractivity (Wildman–Crippen MR) is 168 cm³/mol. The van der Waals surface area contributed by atoms with E-state index in [1.54, 1.807) is 6.08 Å². The summed E-state index contributed by atoms with van der Waals surface area (Å²) < 4.78 is 11.2. The second-order valence-electron chi connectivity index (χ2n) is 13.1. The van der Waals surface area contributed by atoms with Gasteiger partial charge in [-0.25, -0.2) is 4.79 Å². The molecule has 2 rings (SSSR count). The van der Waals surface area contributed by atoms with Gasteiger partial charge in [0.25, 0.3) is 0 Å². The van der Waals surface area contributed by atoms with Crippen LogP contribution in [-0.2, 0) is 14.3 Å². The molecule has 2 heterocycles. The van der Waals surface area contributed by atoms with Crippen LogP contribution in [0, 0.1) is 0 Å². The number of carbonyl (C=O) groups is 1. The van der Waals surface area contributed by atoms with Gasteiger partial charge in [0.2, 0.25) is 0 Å². The molecule has 0 aromatic rings. The number of aliphatic hydroxyl groups is 4. The van der Waals surface area contributed by atoms with Crippen LogP contribution in [0.4, 0.5) is 0 Å². The van der Waals surface area contributed by atoms with E-state index in [1.165, 1.54) is 64.2 Å². The van der Waals surface area contributed by atoms with E-state index in [2.05, 4.69) is 6.92 Å². The first-order valence-electron chi connectivity index (χ1n) is 17.6. The smallest absolute Gasteiger partial charge is 0.334 e. The summed E-state index contributed by atoms with van der Waals surface area (Å²) in [6.07, 6.45) is 22.3. The molecule has 0 amide bonds. The van der Waals surface area contributed by atoms with Crippen LogP contribution in [-0.4, -0.2) is 69.1 Å². The zero-order chi connectivity index (χ0) is 30.6. The monoisotopic (exact) mass is 596 g/mol. The van der Waals surface area contributed by atoms with Gasteiger partial charge in [0, 0.05) is 12.0 Å². The summed E-state index contributed by atoms with van der Waals surface area (Å²) in [5, 5.41) is 41.6. The summed E-state index contributed by atoms with van der Waals surface area (Å²) in [6.45, 7) is 4.08. The van der Waals surface area contributed by atoms with Gasteiger partial charge in [-0.3, -0.25) is 0 Å². The Kier molecular flexibility index (Phi) is 19.9. The summed E-state index contributed by atoms with van der Waals surface area (Å²) in [4.78, 5) is 11.7. The van der Waals surface area contributed by atoms with E-state index in [0.717, 1.165) is 51.4 Å². The average molecular weight is 597 g/mol. The molecular weight excluding hydrogens is 532 g/mol. The highest BCUT2D eigenvalue weighted by Gasteiger charge is 2.31. The summed E-state index contributed by atoms with van der Waals surface area (Å²) in [5.41, 5.74) is 0.584. The fraction of sp³-hybridized carbons (Fsp3) is 0.914. The fourth-order valence-corrected chi connectivity index (χ4v) is 6.40. The first kappa shape index (κ1) is 37.2. The molecule has 2 aliphatic rings. The maximum absolute atomic E-state index is 11.7. The maximum Gasteiger partial charge on any atom is 0.334 e. The Morgan fingerprint density at radius 2 is 1.31 bits per heavy atom. The van der Waals surface area contributed by atoms with Crippen molar-refractivity contribution < 1.29 is 34.7 Å². The Hall–Kier alpha value is -0.990. The van der Waals surface area contributed by atoms with Crippen molar-refractivity contribution in [3.63, 3.8) is 0 Å². The Balaban J connectivity index is 1.43. The molecule has 0 unspecified atom stereocenters. The van der Waals surface area contributed by atoms with Crippen LogP contribution in [0.25, 0.3) is 0 Å².